The van der Waals surface area contributed by atoms with Gasteiger partial charge in [0, 0.05) is 19.6 Å². The van der Waals surface area contributed by atoms with Crippen molar-refractivity contribution in [3.05, 3.63) is 34.1 Å². The van der Waals surface area contributed by atoms with Crippen LogP contribution in [0.4, 0.5) is 23.8 Å². The topological polar surface area (TPSA) is 110 Å². The number of likely N-dealkylation sites (tertiary alicyclic amines) is 1. The minimum atomic E-state index is -4.54. The molecule has 1 saturated heterocycles. The number of piperidine rings is 1. The molecule has 1 saturated carbocycles. The van der Waals surface area contributed by atoms with Gasteiger partial charge in [0.15, 0.2) is 5.82 Å². The molecule has 1 aromatic heterocycles. The highest BCUT2D eigenvalue weighted by Gasteiger charge is 2.47. The van der Waals surface area contributed by atoms with Gasteiger partial charge in [-0.25, -0.2) is 4.79 Å². The fourth-order valence-electron chi connectivity index (χ4n) is 4.42. The van der Waals surface area contributed by atoms with Crippen molar-refractivity contribution in [1.82, 2.24) is 19.7 Å². The molecule has 1 aliphatic carbocycles. The molecule has 2 fully saturated rings. The predicted molar refractivity (Wildman–Crippen MR) is 103 cm³/mol. The van der Waals surface area contributed by atoms with Gasteiger partial charge in [0.2, 0.25) is 5.82 Å². The monoisotopic (exact) mass is 439 g/mol. The van der Waals surface area contributed by atoms with Crippen molar-refractivity contribution in [1.29, 1.82) is 0 Å². The molecule has 12 heteroatoms. The molecule has 0 radical (unpaired) electrons. The number of hydrogen-bond donors (Lipinski definition) is 2. The minimum absolute atomic E-state index is 0.0417. The first-order valence-electron chi connectivity index (χ1n) is 9.55. The summed E-state index contributed by atoms with van der Waals surface area (Å²) in [6.45, 7) is 0.481. The zero-order valence-electron chi connectivity index (χ0n) is 16.7. The van der Waals surface area contributed by atoms with E-state index < -0.39 is 23.4 Å². The number of ether oxygens (including phenoxy) is 1. The molecule has 2 aliphatic rings. The lowest BCUT2D eigenvalue weighted by Crippen LogP contribution is -2.48. The van der Waals surface area contributed by atoms with Crippen LogP contribution in [0.25, 0.3) is 11.4 Å². The molecule has 0 spiro atoms. The summed E-state index contributed by atoms with van der Waals surface area (Å²) in [6, 6.07) is 2.39. The number of carbonyl (C=O) groups is 1. The molecular weight excluding hydrogens is 419 g/mol. The van der Waals surface area contributed by atoms with E-state index >= 15 is 0 Å². The Morgan fingerprint density at radius 3 is 2.65 bits per heavy atom. The average molecular weight is 439 g/mol. The van der Waals surface area contributed by atoms with Gasteiger partial charge >= 0.3 is 12.3 Å². The van der Waals surface area contributed by atoms with Crippen molar-refractivity contribution in [3.8, 4) is 17.1 Å². The SMILES string of the molecule is COc1cc(C(F)(F)F)ccc1-c1nnc(NC2CC3CC2N(C(=O)O)C3)c(=O)n1C. The number of halogens is 3. The second-order valence-electron chi connectivity index (χ2n) is 7.74. The van der Waals surface area contributed by atoms with E-state index in [-0.39, 0.29) is 41.0 Å². The van der Waals surface area contributed by atoms with E-state index in [9.17, 15) is 27.9 Å². The number of alkyl halides is 3. The molecule has 2 heterocycles. The number of fused-ring (bicyclic) bond motifs is 2. The number of anilines is 1. The van der Waals surface area contributed by atoms with E-state index in [2.05, 4.69) is 15.5 Å². The van der Waals surface area contributed by atoms with Crippen LogP contribution in [0.1, 0.15) is 18.4 Å². The van der Waals surface area contributed by atoms with E-state index in [1.165, 1.54) is 29.7 Å². The van der Waals surface area contributed by atoms with Crippen LogP contribution in [0.2, 0.25) is 0 Å². The second kappa shape index (κ2) is 7.43. The molecule has 1 amide bonds. The first-order valence-corrected chi connectivity index (χ1v) is 9.55. The Labute approximate surface area is 174 Å². The number of rotatable bonds is 4. The largest absolute Gasteiger partial charge is 0.496 e. The lowest BCUT2D eigenvalue weighted by atomic mass is 10.1. The average Bonchev–Trinajstić information content (AvgIpc) is 3.31. The highest BCUT2D eigenvalue weighted by Crippen LogP contribution is 2.39. The van der Waals surface area contributed by atoms with Crippen molar-refractivity contribution >= 4 is 11.9 Å². The molecule has 1 aromatic carbocycles. The summed E-state index contributed by atoms with van der Waals surface area (Å²) >= 11 is 0. The highest BCUT2D eigenvalue weighted by atomic mass is 19.4. The lowest BCUT2D eigenvalue weighted by Gasteiger charge is -2.31. The number of carboxylic acid groups (broad SMARTS) is 1. The van der Waals surface area contributed by atoms with Gasteiger partial charge in [0.1, 0.15) is 5.75 Å². The first kappa shape index (κ1) is 20.9. The molecule has 3 unspecified atom stereocenters. The highest BCUT2D eigenvalue weighted by molar-refractivity contribution is 5.67. The molecule has 2 aromatic rings. The van der Waals surface area contributed by atoms with Crippen molar-refractivity contribution in [2.75, 3.05) is 19.0 Å². The molecule has 2 N–H and O–H groups in total. The molecule has 166 valence electrons. The van der Waals surface area contributed by atoms with Gasteiger partial charge in [0.25, 0.3) is 5.56 Å². The van der Waals surface area contributed by atoms with Gasteiger partial charge in [0.05, 0.1) is 24.3 Å². The van der Waals surface area contributed by atoms with Crippen LogP contribution < -0.4 is 15.6 Å². The maximum absolute atomic E-state index is 13.0. The summed E-state index contributed by atoms with van der Waals surface area (Å²) in [4.78, 5) is 25.6. The summed E-state index contributed by atoms with van der Waals surface area (Å²) in [5, 5.41) is 20.3. The van der Waals surface area contributed by atoms with Gasteiger partial charge in [-0.05, 0) is 37.0 Å². The van der Waals surface area contributed by atoms with Gasteiger partial charge < -0.3 is 20.1 Å². The number of benzene rings is 1. The summed E-state index contributed by atoms with van der Waals surface area (Å²) in [5.41, 5.74) is -1.23. The second-order valence-corrected chi connectivity index (χ2v) is 7.74. The summed E-state index contributed by atoms with van der Waals surface area (Å²) < 4.78 is 45.2. The zero-order chi connectivity index (χ0) is 22.5. The lowest BCUT2D eigenvalue weighted by molar-refractivity contribution is -0.137. The van der Waals surface area contributed by atoms with Crippen LogP contribution in [-0.4, -0.2) is 56.6 Å². The van der Waals surface area contributed by atoms with E-state index in [0.717, 1.165) is 18.6 Å². The fourth-order valence-corrected chi connectivity index (χ4v) is 4.42. The van der Waals surface area contributed by atoms with E-state index in [1.54, 1.807) is 0 Å². The Bertz CT molecular complexity index is 1090. The molecular formula is C19H20F3N5O4. The minimum Gasteiger partial charge on any atom is -0.496 e. The summed E-state index contributed by atoms with van der Waals surface area (Å²) in [6.07, 6.45) is -4.10. The van der Waals surface area contributed by atoms with Crippen molar-refractivity contribution in [2.45, 2.75) is 31.1 Å². The van der Waals surface area contributed by atoms with Crippen LogP contribution in [0.5, 0.6) is 5.75 Å². The smallest absolute Gasteiger partial charge is 0.416 e. The number of nitrogens with zero attached hydrogens (tertiary/aromatic N) is 4. The van der Waals surface area contributed by atoms with Crippen LogP contribution >= 0.6 is 0 Å². The van der Waals surface area contributed by atoms with Gasteiger partial charge in [-0.15, -0.1) is 10.2 Å². The zero-order valence-corrected chi connectivity index (χ0v) is 16.7. The third kappa shape index (κ3) is 3.66. The number of nitrogens with one attached hydrogen (secondary N) is 1. The molecule has 4 rings (SSSR count). The predicted octanol–water partition coefficient (Wildman–Crippen LogP) is 2.42. The van der Waals surface area contributed by atoms with Gasteiger partial charge in [-0.2, -0.15) is 13.2 Å². The normalized spacial score (nSPS) is 22.6. The van der Waals surface area contributed by atoms with Crippen LogP contribution in [0.3, 0.4) is 0 Å². The third-order valence-corrected chi connectivity index (χ3v) is 5.89. The van der Waals surface area contributed by atoms with E-state index in [0.29, 0.717) is 13.0 Å². The van der Waals surface area contributed by atoms with E-state index in [1.807, 2.05) is 0 Å². The number of amides is 1. The fraction of sp³-hybridized carbons (Fsp3) is 0.474. The Balaban J connectivity index is 1.63. The molecule has 9 nitrogen and oxygen atoms in total. The molecule has 3 atom stereocenters. The maximum Gasteiger partial charge on any atom is 0.416 e. The van der Waals surface area contributed by atoms with Crippen LogP contribution in [0, 0.1) is 5.92 Å². The van der Waals surface area contributed by atoms with Gasteiger partial charge in [-0.1, -0.05) is 0 Å². The molecule has 31 heavy (non-hydrogen) atoms. The van der Waals surface area contributed by atoms with Crippen molar-refractivity contribution in [2.24, 2.45) is 13.0 Å². The van der Waals surface area contributed by atoms with Gasteiger partial charge in [-0.3, -0.25) is 9.36 Å². The van der Waals surface area contributed by atoms with E-state index in [4.69, 9.17) is 4.74 Å². The van der Waals surface area contributed by atoms with Crippen molar-refractivity contribution < 1.29 is 27.8 Å². The third-order valence-electron chi connectivity index (χ3n) is 5.89. The van der Waals surface area contributed by atoms with Crippen LogP contribution in [-0.2, 0) is 13.2 Å². The number of aromatic nitrogens is 3. The summed E-state index contributed by atoms with van der Waals surface area (Å²) in [5.74, 6) is 0.136. The summed E-state index contributed by atoms with van der Waals surface area (Å²) in [7, 11) is 2.66. The first-order chi connectivity index (χ1) is 14.6. The maximum atomic E-state index is 13.0. The Kier molecular flexibility index (Phi) is 5.02. The Hall–Kier alpha value is -3.31. The standard InChI is InChI=1S/C19H20F3N5O4/c1-26-16(11-4-3-10(19(20,21)22)7-14(11)31-2)25-24-15(17(26)28)23-12-5-9-6-13(12)27(8-9)18(29)30/h3-4,7,9,12-13H,5-6,8H2,1-2H3,(H,23,24)(H,29,30). The Morgan fingerprint density at radius 2 is 2.03 bits per heavy atom. The quantitative estimate of drug-likeness (QED) is 0.753. The van der Waals surface area contributed by atoms with Crippen molar-refractivity contribution in [3.63, 3.8) is 0 Å². The molecule has 1 aliphatic heterocycles. The molecule has 2 bridgehead atoms. The number of hydrogen-bond acceptors (Lipinski definition) is 6. The Morgan fingerprint density at radius 1 is 1.29 bits per heavy atom. The van der Waals surface area contributed by atoms with Crippen LogP contribution in [0.15, 0.2) is 23.0 Å². The number of methoxy groups -OCH3 is 1.